The van der Waals surface area contributed by atoms with E-state index in [2.05, 4.69) is 12.2 Å². The lowest BCUT2D eigenvalue weighted by Gasteiger charge is -2.32. The molecule has 190 valence electrons. The second kappa shape index (κ2) is 13.9. The van der Waals surface area contributed by atoms with E-state index in [9.17, 15) is 9.59 Å². The zero-order chi connectivity index (χ0) is 25.9. The molecule has 0 heterocycles. The third kappa shape index (κ3) is 8.00. The maximum absolute atomic E-state index is 13.8. The van der Waals surface area contributed by atoms with Gasteiger partial charge < -0.3 is 15.0 Å². The normalized spacial score (nSPS) is 11.6. The average Bonchev–Trinajstić information content (AvgIpc) is 2.88. The van der Waals surface area contributed by atoms with Crippen molar-refractivity contribution in [2.45, 2.75) is 45.2 Å². The number of rotatable bonds is 12. The number of hydrogen-bond donors (Lipinski definition) is 1. The van der Waals surface area contributed by atoms with E-state index in [0.29, 0.717) is 28.8 Å². The highest BCUT2D eigenvalue weighted by Crippen LogP contribution is 2.25. The van der Waals surface area contributed by atoms with Gasteiger partial charge in [0.15, 0.2) is 0 Å². The lowest BCUT2D eigenvalue weighted by molar-refractivity contribution is -0.140. The van der Waals surface area contributed by atoms with Crippen molar-refractivity contribution < 1.29 is 14.3 Å². The van der Waals surface area contributed by atoms with Crippen molar-refractivity contribution in [2.24, 2.45) is 0 Å². The van der Waals surface area contributed by atoms with Crippen LogP contribution in [0.25, 0.3) is 0 Å². The van der Waals surface area contributed by atoms with Gasteiger partial charge in [0.2, 0.25) is 11.8 Å². The summed E-state index contributed by atoms with van der Waals surface area (Å²) < 4.78 is 5.23. The van der Waals surface area contributed by atoms with Crippen LogP contribution in [0.15, 0.2) is 72.8 Å². The molecule has 0 aliphatic heterocycles. The molecule has 0 saturated carbocycles. The molecule has 2 amide bonds. The number of methoxy groups -OCH3 is 1. The zero-order valence-corrected chi connectivity index (χ0v) is 22.2. The van der Waals surface area contributed by atoms with Crippen LogP contribution in [0.4, 0.5) is 0 Å². The van der Waals surface area contributed by atoms with E-state index < -0.39 is 6.04 Å². The van der Waals surface area contributed by atoms with Gasteiger partial charge in [-0.1, -0.05) is 85.1 Å². The molecule has 7 heteroatoms. The van der Waals surface area contributed by atoms with Crippen molar-refractivity contribution in [1.29, 1.82) is 0 Å². The van der Waals surface area contributed by atoms with Crippen molar-refractivity contribution in [1.82, 2.24) is 10.2 Å². The van der Waals surface area contributed by atoms with Crippen molar-refractivity contribution in [3.05, 3.63) is 99.5 Å². The molecule has 0 radical (unpaired) electrons. The number of nitrogens with zero attached hydrogens (tertiary/aromatic N) is 1. The number of carbonyl (C=O) groups excluding carboxylic acids is 2. The maximum atomic E-state index is 13.8. The number of ether oxygens (including phenoxy) is 1. The highest BCUT2D eigenvalue weighted by atomic mass is 35.5. The fourth-order valence-electron chi connectivity index (χ4n) is 3.91. The van der Waals surface area contributed by atoms with Gasteiger partial charge in [-0.25, -0.2) is 0 Å². The lowest BCUT2D eigenvalue weighted by atomic mass is 10.0. The molecule has 3 rings (SSSR count). The predicted octanol–water partition coefficient (Wildman–Crippen LogP) is 6.10. The Morgan fingerprint density at radius 2 is 1.69 bits per heavy atom. The summed E-state index contributed by atoms with van der Waals surface area (Å²) in [6.07, 6.45) is 2.36. The number of hydrogen-bond acceptors (Lipinski definition) is 3. The summed E-state index contributed by atoms with van der Waals surface area (Å²) in [5.74, 6) is 0.367. The Balaban J connectivity index is 1.95. The second-order valence-electron chi connectivity index (χ2n) is 8.63. The third-order valence-corrected chi connectivity index (χ3v) is 6.56. The highest BCUT2D eigenvalue weighted by molar-refractivity contribution is 6.35. The molecule has 0 aliphatic rings. The Kier molecular flexibility index (Phi) is 10.6. The van der Waals surface area contributed by atoms with E-state index in [0.717, 1.165) is 29.5 Å². The van der Waals surface area contributed by atoms with Gasteiger partial charge in [0.1, 0.15) is 11.8 Å². The molecule has 1 N–H and O–H groups in total. The molecule has 0 bridgehead atoms. The minimum atomic E-state index is -0.707. The second-order valence-corrected chi connectivity index (χ2v) is 9.48. The molecule has 5 nitrogen and oxygen atoms in total. The van der Waals surface area contributed by atoms with Gasteiger partial charge in [-0.15, -0.1) is 0 Å². The summed E-state index contributed by atoms with van der Waals surface area (Å²) in [5, 5.41) is 3.99. The Labute approximate surface area is 223 Å². The van der Waals surface area contributed by atoms with Gasteiger partial charge in [-0.2, -0.15) is 0 Å². The lowest BCUT2D eigenvalue weighted by Crippen LogP contribution is -2.51. The molecule has 0 aromatic heterocycles. The van der Waals surface area contributed by atoms with Gasteiger partial charge in [-0.05, 0) is 47.4 Å². The van der Waals surface area contributed by atoms with Crippen molar-refractivity contribution >= 4 is 35.0 Å². The number of carbonyl (C=O) groups is 2. The fraction of sp³-hybridized carbons (Fsp3) is 0.310. The molecule has 0 spiro atoms. The van der Waals surface area contributed by atoms with E-state index in [1.165, 1.54) is 0 Å². The SMILES string of the molecule is CCCCNC(=O)[C@H](Cc1ccccc1)N(Cc1ccc(Cl)cc1Cl)C(=O)Cc1ccc(OC)cc1. The summed E-state index contributed by atoms with van der Waals surface area (Å²) >= 11 is 12.6. The molecule has 1 atom stereocenters. The van der Waals surface area contributed by atoms with E-state index in [1.807, 2.05) is 54.6 Å². The summed E-state index contributed by atoms with van der Waals surface area (Å²) in [5.41, 5.74) is 2.53. The number of benzene rings is 3. The molecule has 3 aromatic rings. The standard InChI is InChI=1S/C29H32Cl2N2O3/c1-3-4-16-32-29(35)27(17-21-8-6-5-7-9-21)33(20-23-12-13-24(30)19-26(23)31)28(34)18-22-10-14-25(36-2)15-11-22/h5-15,19,27H,3-4,16-18,20H2,1-2H3,(H,32,35)/t27-/m0/s1. The Hall–Kier alpha value is -3.02. The molecule has 0 aliphatic carbocycles. The first-order valence-electron chi connectivity index (χ1n) is 12.1. The van der Waals surface area contributed by atoms with E-state index in [4.69, 9.17) is 27.9 Å². The van der Waals surface area contributed by atoms with Gasteiger partial charge in [0.05, 0.1) is 13.5 Å². The molecular weight excluding hydrogens is 495 g/mol. The number of halogens is 2. The molecule has 3 aromatic carbocycles. The van der Waals surface area contributed by atoms with Crippen molar-refractivity contribution in [2.75, 3.05) is 13.7 Å². The Morgan fingerprint density at radius 1 is 0.972 bits per heavy atom. The Bertz CT molecular complexity index is 1140. The van der Waals surface area contributed by atoms with Crippen LogP contribution in [-0.4, -0.2) is 36.4 Å². The Morgan fingerprint density at radius 3 is 2.33 bits per heavy atom. The number of unbranched alkanes of at least 4 members (excludes halogenated alkanes) is 1. The summed E-state index contributed by atoms with van der Waals surface area (Å²) in [6.45, 7) is 2.81. The summed E-state index contributed by atoms with van der Waals surface area (Å²) in [7, 11) is 1.60. The van der Waals surface area contributed by atoms with Crippen LogP contribution in [0.3, 0.4) is 0 Å². The molecule has 0 fully saturated rings. The number of nitrogens with one attached hydrogen (secondary N) is 1. The molecule has 0 unspecified atom stereocenters. The average molecular weight is 527 g/mol. The molecule has 0 saturated heterocycles. The predicted molar refractivity (Wildman–Crippen MR) is 146 cm³/mol. The van der Waals surface area contributed by atoms with Gasteiger partial charge in [-0.3, -0.25) is 9.59 Å². The quantitative estimate of drug-likeness (QED) is 0.290. The smallest absolute Gasteiger partial charge is 0.243 e. The maximum Gasteiger partial charge on any atom is 0.243 e. The van der Waals surface area contributed by atoms with Crippen LogP contribution in [0, 0.1) is 0 Å². The van der Waals surface area contributed by atoms with E-state index in [1.54, 1.807) is 30.2 Å². The van der Waals surface area contributed by atoms with Crippen molar-refractivity contribution in [3.8, 4) is 5.75 Å². The van der Waals surface area contributed by atoms with Crippen LogP contribution in [-0.2, 0) is 29.0 Å². The van der Waals surface area contributed by atoms with Crippen LogP contribution in [0.5, 0.6) is 5.75 Å². The van der Waals surface area contributed by atoms with Crippen LogP contribution in [0.1, 0.15) is 36.5 Å². The first-order valence-corrected chi connectivity index (χ1v) is 12.8. The van der Waals surface area contributed by atoms with Gasteiger partial charge in [0, 0.05) is 29.6 Å². The fourth-order valence-corrected chi connectivity index (χ4v) is 4.38. The monoisotopic (exact) mass is 526 g/mol. The molecule has 36 heavy (non-hydrogen) atoms. The number of amides is 2. The van der Waals surface area contributed by atoms with E-state index in [-0.39, 0.29) is 24.8 Å². The van der Waals surface area contributed by atoms with Crippen molar-refractivity contribution in [3.63, 3.8) is 0 Å². The van der Waals surface area contributed by atoms with Crippen LogP contribution in [0.2, 0.25) is 10.0 Å². The zero-order valence-electron chi connectivity index (χ0n) is 20.7. The van der Waals surface area contributed by atoms with Crippen LogP contribution >= 0.6 is 23.2 Å². The molecular formula is C29H32Cl2N2O3. The minimum absolute atomic E-state index is 0.142. The highest BCUT2D eigenvalue weighted by Gasteiger charge is 2.30. The first-order chi connectivity index (χ1) is 17.4. The topological polar surface area (TPSA) is 58.6 Å². The van der Waals surface area contributed by atoms with E-state index >= 15 is 0 Å². The summed E-state index contributed by atoms with van der Waals surface area (Å²) in [6, 6.07) is 21.6. The first kappa shape index (κ1) is 27.6. The van der Waals surface area contributed by atoms with Crippen LogP contribution < -0.4 is 10.1 Å². The summed E-state index contributed by atoms with van der Waals surface area (Å²) in [4.78, 5) is 28.9. The third-order valence-electron chi connectivity index (χ3n) is 5.97. The minimum Gasteiger partial charge on any atom is -0.497 e. The van der Waals surface area contributed by atoms with Gasteiger partial charge in [0.25, 0.3) is 0 Å². The van der Waals surface area contributed by atoms with Gasteiger partial charge >= 0.3 is 0 Å². The largest absolute Gasteiger partial charge is 0.497 e.